The molecule has 0 amide bonds. The fourth-order valence-electron chi connectivity index (χ4n) is 1.46. The standard InChI is InChI=1S/C14H18BrNO2/c1-14(2,3)13(17)18-16(12-8-9-12)11-6-4-10(15)5-7-11/h4-7,12H,8-9H2,1-3H3. The van der Waals surface area contributed by atoms with Gasteiger partial charge in [-0.25, -0.2) is 9.86 Å². The van der Waals surface area contributed by atoms with E-state index in [-0.39, 0.29) is 5.97 Å². The van der Waals surface area contributed by atoms with Crippen LogP contribution in [-0.4, -0.2) is 12.0 Å². The Hall–Kier alpha value is -1.03. The summed E-state index contributed by atoms with van der Waals surface area (Å²) in [6.45, 7) is 5.59. The van der Waals surface area contributed by atoms with E-state index >= 15 is 0 Å². The van der Waals surface area contributed by atoms with Crippen LogP contribution < -0.4 is 5.06 Å². The zero-order chi connectivity index (χ0) is 13.3. The van der Waals surface area contributed by atoms with Crippen LogP contribution in [0.2, 0.25) is 0 Å². The summed E-state index contributed by atoms with van der Waals surface area (Å²) in [6, 6.07) is 8.15. The highest BCUT2D eigenvalue weighted by atomic mass is 79.9. The second-order valence-corrected chi connectivity index (χ2v) is 6.58. The van der Waals surface area contributed by atoms with Crippen molar-refractivity contribution in [3.8, 4) is 0 Å². The number of hydrogen-bond acceptors (Lipinski definition) is 3. The second-order valence-electron chi connectivity index (χ2n) is 5.66. The lowest BCUT2D eigenvalue weighted by Crippen LogP contribution is -2.34. The quantitative estimate of drug-likeness (QED) is 0.792. The van der Waals surface area contributed by atoms with Gasteiger partial charge in [0, 0.05) is 4.47 Å². The van der Waals surface area contributed by atoms with E-state index in [9.17, 15) is 4.79 Å². The molecule has 0 radical (unpaired) electrons. The second kappa shape index (κ2) is 4.92. The van der Waals surface area contributed by atoms with Gasteiger partial charge in [0.2, 0.25) is 0 Å². The van der Waals surface area contributed by atoms with E-state index in [1.165, 1.54) is 0 Å². The molecular formula is C14H18BrNO2. The first-order valence-corrected chi connectivity index (χ1v) is 6.94. The molecule has 3 nitrogen and oxygen atoms in total. The van der Waals surface area contributed by atoms with Gasteiger partial charge in [-0.05, 0) is 57.9 Å². The number of hydroxylamine groups is 1. The van der Waals surface area contributed by atoms with Gasteiger partial charge in [-0.2, -0.15) is 0 Å². The molecule has 2 rings (SSSR count). The fraction of sp³-hybridized carbons (Fsp3) is 0.500. The number of hydrogen-bond donors (Lipinski definition) is 0. The lowest BCUT2D eigenvalue weighted by Gasteiger charge is -2.26. The van der Waals surface area contributed by atoms with E-state index < -0.39 is 5.41 Å². The van der Waals surface area contributed by atoms with Crippen LogP contribution in [0.15, 0.2) is 28.7 Å². The first kappa shape index (κ1) is 13.4. The maximum atomic E-state index is 12.0. The Kier molecular flexibility index (Phi) is 3.66. The van der Waals surface area contributed by atoms with Gasteiger partial charge in [0.1, 0.15) is 0 Å². The summed E-state index contributed by atoms with van der Waals surface area (Å²) in [4.78, 5) is 17.5. The highest BCUT2D eigenvalue weighted by Gasteiger charge is 2.35. The average molecular weight is 312 g/mol. The topological polar surface area (TPSA) is 29.5 Å². The number of nitrogens with zero attached hydrogens (tertiary/aromatic N) is 1. The van der Waals surface area contributed by atoms with Gasteiger partial charge in [0.05, 0.1) is 17.1 Å². The fourth-order valence-corrected chi connectivity index (χ4v) is 1.73. The molecule has 18 heavy (non-hydrogen) atoms. The van der Waals surface area contributed by atoms with Crippen LogP contribution in [0, 0.1) is 5.41 Å². The molecule has 1 aliphatic carbocycles. The largest absolute Gasteiger partial charge is 0.340 e. The number of halogens is 1. The van der Waals surface area contributed by atoms with Crippen molar-refractivity contribution < 1.29 is 9.63 Å². The lowest BCUT2D eigenvalue weighted by atomic mass is 9.98. The van der Waals surface area contributed by atoms with E-state index in [0.29, 0.717) is 6.04 Å². The lowest BCUT2D eigenvalue weighted by molar-refractivity contribution is -0.154. The van der Waals surface area contributed by atoms with Gasteiger partial charge >= 0.3 is 5.97 Å². The van der Waals surface area contributed by atoms with Crippen molar-refractivity contribution in [1.29, 1.82) is 0 Å². The molecule has 98 valence electrons. The van der Waals surface area contributed by atoms with Gasteiger partial charge < -0.3 is 4.84 Å². The highest BCUT2D eigenvalue weighted by molar-refractivity contribution is 9.10. The molecule has 1 aromatic carbocycles. The maximum Gasteiger partial charge on any atom is 0.337 e. The monoisotopic (exact) mass is 311 g/mol. The van der Waals surface area contributed by atoms with Crippen molar-refractivity contribution in [3.63, 3.8) is 0 Å². The van der Waals surface area contributed by atoms with Crippen molar-refractivity contribution in [2.24, 2.45) is 5.41 Å². The summed E-state index contributed by atoms with van der Waals surface area (Å²) < 4.78 is 1.02. The minimum atomic E-state index is -0.484. The molecule has 1 aliphatic rings. The molecule has 0 heterocycles. The van der Waals surface area contributed by atoms with E-state index in [1.54, 1.807) is 5.06 Å². The van der Waals surface area contributed by atoms with Gasteiger partial charge in [-0.3, -0.25) is 0 Å². The Balaban J connectivity index is 2.14. The minimum Gasteiger partial charge on any atom is -0.340 e. The first-order chi connectivity index (χ1) is 8.38. The Morgan fingerprint density at radius 2 is 1.83 bits per heavy atom. The summed E-state index contributed by atoms with van der Waals surface area (Å²) in [7, 11) is 0. The van der Waals surface area contributed by atoms with Gasteiger partial charge in [-0.1, -0.05) is 15.9 Å². The van der Waals surface area contributed by atoms with Crippen LogP contribution in [0.3, 0.4) is 0 Å². The van der Waals surface area contributed by atoms with Crippen LogP contribution in [0.25, 0.3) is 0 Å². The Morgan fingerprint density at radius 3 is 2.28 bits per heavy atom. The Labute approximate surface area is 116 Å². The molecule has 1 aromatic rings. The van der Waals surface area contributed by atoms with Crippen LogP contribution in [-0.2, 0) is 9.63 Å². The van der Waals surface area contributed by atoms with Crippen molar-refractivity contribution in [2.75, 3.05) is 5.06 Å². The van der Waals surface area contributed by atoms with E-state index in [1.807, 2.05) is 45.0 Å². The molecule has 0 aromatic heterocycles. The van der Waals surface area contributed by atoms with Crippen molar-refractivity contribution in [3.05, 3.63) is 28.7 Å². The molecule has 1 fully saturated rings. The summed E-state index contributed by atoms with van der Waals surface area (Å²) >= 11 is 3.40. The average Bonchev–Trinajstić information content (AvgIpc) is 3.09. The molecule has 4 heteroatoms. The zero-order valence-corrected chi connectivity index (χ0v) is 12.5. The number of carbonyl (C=O) groups is 1. The van der Waals surface area contributed by atoms with Crippen molar-refractivity contribution in [1.82, 2.24) is 0 Å². The first-order valence-electron chi connectivity index (χ1n) is 6.15. The van der Waals surface area contributed by atoms with E-state index in [2.05, 4.69) is 15.9 Å². The predicted octanol–water partition coefficient (Wildman–Crippen LogP) is 3.92. The number of carbonyl (C=O) groups excluding carboxylic acids is 1. The smallest absolute Gasteiger partial charge is 0.337 e. The molecular weight excluding hydrogens is 294 g/mol. The molecule has 0 unspecified atom stereocenters. The van der Waals surface area contributed by atoms with Gasteiger partial charge in [0.25, 0.3) is 0 Å². The van der Waals surface area contributed by atoms with Crippen LogP contribution in [0.4, 0.5) is 5.69 Å². The molecule has 0 aliphatic heterocycles. The van der Waals surface area contributed by atoms with Gasteiger partial charge in [0.15, 0.2) is 0 Å². The van der Waals surface area contributed by atoms with Crippen molar-refractivity contribution >= 4 is 27.6 Å². The van der Waals surface area contributed by atoms with E-state index in [0.717, 1.165) is 23.0 Å². The molecule has 0 atom stereocenters. The number of anilines is 1. The van der Waals surface area contributed by atoms with Crippen molar-refractivity contribution in [2.45, 2.75) is 39.7 Å². The van der Waals surface area contributed by atoms with E-state index in [4.69, 9.17) is 4.84 Å². The minimum absolute atomic E-state index is 0.197. The zero-order valence-electron chi connectivity index (χ0n) is 10.9. The SMILES string of the molecule is CC(C)(C)C(=O)ON(c1ccc(Br)cc1)C1CC1. The van der Waals surface area contributed by atoms with Crippen LogP contribution >= 0.6 is 15.9 Å². The summed E-state index contributed by atoms with van der Waals surface area (Å²) in [5.41, 5.74) is 0.445. The third-order valence-electron chi connectivity index (χ3n) is 2.75. The van der Waals surface area contributed by atoms with Crippen LogP contribution in [0.1, 0.15) is 33.6 Å². The third-order valence-corrected chi connectivity index (χ3v) is 3.28. The molecule has 0 bridgehead atoms. The Bertz CT molecular complexity index is 432. The predicted molar refractivity (Wildman–Crippen MR) is 75.2 cm³/mol. The molecule has 0 saturated heterocycles. The highest BCUT2D eigenvalue weighted by Crippen LogP contribution is 2.33. The summed E-state index contributed by atoms with van der Waals surface area (Å²) in [6.07, 6.45) is 2.15. The normalized spacial score (nSPS) is 15.3. The van der Waals surface area contributed by atoms with Gasteiger partial charge in [-0.15, -0.1) is 0 Å². The molecule has 1 saturated carbocycles. The summed E-state index contributed by atoms with van der Waals surface area (Å²) in [5.74, 6) is -0.197. The maximum absolute atomic E-state index is 12.0. The van der Waals surface area contributed by atoms with Crippen LogP contribution in [0.5, 0.6) is 0 Å². The third kappa shape index (κ3) is 3.25. The Morgan fingerprint density at radius 1 is 1.28 bits per heavy atom. The number of benzene rings is 1. The molecule has 0 spiro atoms. The summed E-state index contributed by atoms with van der Waals surface area (Å²) in [5, 5.41) is 1.75. The number of rotatable bonds is 3. The molecule has 0 N–H and O–H groups in total.